The molecule has 18 rings (SSSR count). The molecule has 0 atom stereocenters. The van der Waals surface area contributed by atoms with Crippen molar-refractivity contribution in [3.05, 3.63) is 162 Å². The topological polar surface area (TPSA) is 6.48 Å². The normalized spacial score (nSPS) is 28.5. The molecule has 71 heavy (non-hydrogen) atoms. The molecule has 8 bridgehead atoms. The average Bonchev–Trinajstić information content (AvgIpc) is 3.73. The first-order valence-corrected chi connectivity index (χ1v) is 28.5. The summed E-state index contributed by atoms with van der Waals surface area (Å²) in [4.78, 5) is 5.57. The molecule has 2 aliphatic heterocycles. The Morgan fingerprint density at radius 2 is 1.10 bits per heavy atom. The van der Waals surface area contributed by atoms with Crippen molar-refractivity contribution < 1.29 is 0 Å². The van der Waals surface area contributed by atoms with E-state index in [4.69, 9.17) is 0 Å². The highest BCUT2D eigenvalue weighted by molar-refractivity contribution is 7.32. The van der Waals surface area contributed by atoms with E-state index in [2.05, 4.69) is 177 Å². The average molecular weight is 941 g/mol. The van der Waals surface area contributed by atoms with Gasteiger partial charge >= 0.3 is 6.85 Å². The fourth-order valence-corrected chi connectivity index (χ4v) is 19.4. The first-order chi connectivity index (χ1) is 34.5. The minimum absolute atomic E-state index is 0.000557. The molecule has 352 valence electrons. The molecule has 7 aromatic carbocycles. The summed E-state index contributed by atoms with van der Waals surface area (Å²) >= 11 is 2.04. The Morgan fingerprint density at radius 3 is 1.73 bits per heavy atom. The zero-order chi connectivity index (χ0) is 47.1. The first-order valence-electron chi connectivity index (χ1n) is 27.7. The van der Waals surface area contributed by atoms with Crippen LogP contribution in [0.1, 0.15) is 120 Å². The summed E-state index contributed by atoms with van der Waals surface area (Å²) < 4.78 is 2.80. The van der Waals surface area contributed by atoms with Crippen LogP contribution in [0.4, 0.5) is 28.4 Å². The Hall–Kier alpha value is -5.58. The van der Waals surface area contributed by atoms with E-state index in [9.17, 15) is 0 Å². The highest BCUT2D eigenvalue weighted by Crippen LogP contribution is 2.63. The van der Waals surface area contributed by atoms with Crippen LogP contribution in [0.3, 0.4) is 0 Å². The largest absolute Gasteiger partial charge is 0.376 e. The van der Waals surface area contributed by atoms with E-state index < -0.39 is 0 Å². The Balaban J connectivity index is 0.963. The third-order valence-corrected chi connectivity index (χ3v) is 21.5. The van der Waals surface area contributed by atoms with Crippen LogP contribution in [0.15, 0.2) is 140 Å². The number of thiophene rings is 1. The van der Waals surface area contributed by atoms with Crippen LogP contribution in [-0.4, -0.2) is 6.85 Å². The fourth-order valence-electron chi connectivity index (χ4n) is 18.1. The quantitative estimate of drug-likeness (QED) is 0.159. The Morgan fingerprint density at radius 1 is 0.521 bits per heavy atom. The maximum absolute atomic E-state index is 2.83. The third-order valence-electron chi connectivity index (χ3n) is 20.3. The highest BCUT2D eigenvalue weighted by atomic mass is 32.1. The molecule has 8 aromatic rings. The van der Waals surface area contributed by atoms with Crippen LogP contribution in [-0.2, 0) is 16.2 Å². The van der Waals surface area contributed by atoms with Crippen molar-refractivity contribution in [1.29, 1.82) is 0 Å². The van der Waals surface area contributed by atoms with Crippen molar-refractivity contribution in [2.24, 2.45) is 35.5 Å². The van der Waals surface area contributed by atoms with Gasteiger partial charge in [0.15, 0.2) is 0 Å². The molecular weight excluding hydrogens is 876 g/mol. The predicted molar refractivity (Wildman–Crippen MR) is 302 cm³/mol. The van der Waals surface area contributed by atoms with Crippen molar-refractivity contribution in [3.63, 3.8) is 0 Å². The molecule has 8 fully saturated rings. The summed E-state index contributed by atoms with van der Waals surface area (Å²) in [6, 6.07) is 56.1. The second-order valence-electron chi connectivity index (χ2n) is 25.9. The lowest BCUT2D eigenvalue weighted by Gasteiger charge is -2.57. The number of benzene rings is 7. The van der Waals surface area contributed by atoms with Crippen LogP contribution in [0.5, 0.6) is 0 Å². The summed E-state index contributed by atoms with van der Waals surface area (Å²) in [5.41, 5.74) is 20.1. The fraction of sp³-hybridized carbons (Fsp3) is 0.373. The van der Waals surface area contributed by atoms with Crippen LogP contribution in [0, 0.1) is 42.4 Å². The third kappa shape index (κ3) is 6.19. The summed E-state index contributed by atoms with van der Waals surface area (Å²) in [7, 11) is 0. The molecule has 10 aliphatic rings. The summed E-state index contributed by atoms with van der Waals surface area (Å²) in [5.74, 6) is 5.48. The van der Waals surface area contributed by atoms with Crippen molar-refractivity contribution in [1.82, 2.24) is 0 Å². The molecule has 0 spiro atoms. The number of rotatable bonds is 5. The van der Waals surface area contributed by atoms with Crippen LogP contribution >= 0.6 is 11.3 Å². The first kappa shape index (κ1) is 42.0. The molecule has 0 saturated heterocycles. The second kappa shape index (κ2) is 14.8. The maximum atomic E-state index is 2.83. The molecule has 1 aromatic heterocycles. The Bertz CT molecular complexity index is 3450. The van der Waals surface area contributed by atoms with Gasteiger partial charge in [0, 0.05) is 43.1 Å². The minimum atomic E-state index is 0.000557. The molecule has 3 heterocycles. The number of hydrogen-bond acceptors (Lipinski definition) is 3. The molecule has 0 N–H and O–H groups in total. The summed E-state index contributed by atoms with van der Waals surface area (Å²) in [6.45, 7) is 9.43. The van der Waals surface area contributed by atoms with Crippen molar-refractivity contribution in [2.45, 2.75) is 121 Å². The number of hydrogen-bond donors (Lipinski definition) is 0. The smallest absolute Gasteiger partial charge is 0.343 e. The van der Waals surface area contributed by atoms with Gasteiger partial charge in [-0.1, -0.05) is 106 Å². The van der Waals surface area contributed by atoms with E-state index in [-0.39, 0.29) is 12.3 Å². The maximum Gasteiger partial charge on any atom is 0.343 e. The number of fused-ring (bicyclic) bond motifs is 7. The number of aryl methyl sites for hydroxylation is 1. The van der Waals surface area contributed by atoms with E-state index in [1.165, 1.54) is 170 Å². The van der Waals surface area contributed by atoms with Gasteiger partial charge in [0.1, 0.15) is 0 Å². The van der Waals surface area contributed by atoms with Gasteiger partial charge in [-0.15, -0.1) is 11.3 Å². The van der Waals surface area contributed by atoms with Crippen LogP contribution in [0.25, 0.3) is 43.1 Å². The van der Waals surface area contributed by atoms with Gasteiger partial charge in [-0.2, -0.15) is 0 Å². The lowest BCUT2D eigenvalue weighted by Crippen LogP contribution is -2.60. The zero-order valence-electron chi connectivity index (χ0n) is 42.1. The van der Waals surface area contributed by atoms with Gasteiger partial charge in [0.05, 0.1) is 11.4 Å². The summed E-state index contributed by atoms with van der Waals surface area (Å²) in [6.07, 6.45) is 17.2. The second-order valence-corrected chi connectivity index (χ2v) is 27.0. The monoisotopic (exact) mass is 940 g/mol. The van der Waals surface area contributed by atoms with Gasteiger partial charge in [-0.05, 0) is 240 Å². The SMILES string of the molecule is Cc1cc2c3c(c1)N(c1ccc(C(C)(C)C)cc1-c1ccccc1)c1c(sc4cc5ccccc5cc14)B3N(c1ccc(C34CC5CC(CC(C5)C3)C4)cc1)c1ccc(C34CC5CC(CC(C5)C3)C4)cc1-2. The molecule has 8 aliphatic carbocycles. The minimum Gasteiger partial charge on any atom is -0.376 e. The van der Waals surface area contributed by atoms with E-state index >= 15 is 0 Å². The van der Waals surface area contributed by atoms with Crippen LogP contribution in [0.2, 0.25) is 0 Å². The Kier molecular flexibility index (Phi) is 8.74. The predicted octanol–water partition coefficient (Wildman–Crippen LogP) is 17.0. The molecule has 0 amide bonds. The summed E-state index contributed by atoms with van der Waals surface area (Å²) in [5, 5.41) is 3.95. The van der Waals surface area contributed by atoms with E-state index in [0.29, 0.717) is 10.8 Å². The van der Waals surface area contributed by atoms with Gasteiger partial charge in [0.2, 0.25) is 0 Å². The van der Waals surface area contributed by atoms with E-state index in [1.54, 1.807) is 11.1 Å². The van der Waals surface area contributed by atoms with E-state index in [0.717, 1.165) is 35.5 Å². The molecule has 2 nitrogen and oxygen atoms in total. The van der Waals surface area contributed by atoms with Crippen LogP contribution < -0.4 is 20.0 Å². The van der Waals surface area contributed by atoms with Gasteiger partial charge < -0.3 is 9.71 Å². The number of anilines is 5. The lowest BCUT2D eigenvalue weighted by molar-refractivity contribution is -0.00528. The molecule has 4 heteroatoms. The lowest BCUT2D eigenvalue weighted by atomic mass is 9.46. The standard InChI is InChI=1S/C67H65BN2S/c1-40-22-56-55-33-52(67-37-44-27-45(38-67)29-46(28-44)39-67)17-21-59(55)70(53-18-14-50(15-19-53)66-34-41-24-42(35-66)26-43(25-41)36-66)68-62(56)60(23-40)69(63-57-30-48-12-8-9-13-49(48)31-61(57)71-64(63)68)58-20-16-51(65(2,3)4)32-54(58)47-10-6-5-7-11-47/h5-23,30-33,41-46H,24-29,34-39H2,1-4H3. The van der Waals surface area contributed by atoms with E-state index in [1.807, 2.05) is 11.3 Å². The zero-order valence-corrected chi connectivity index (χ0v) is 42.9. The van der Waals surface area contributed by atoms with Gasteiger partial charge in [-0.25, -0.2) is 0 Å². The number of nitrogens with zero attached hydrogens (tertiary/aromatic N) is 2. The molecule has 0 radical (unpaired) electrons. The van der Waals surface area contributed by atoms with Crippen molar-refractivity contribution in [2.75, 3.05) is 9.71 Å². The molecular formula is C67H65BN2S. The molecule has 0 unspecified atom stereocenters. The van der Waals surface area contributed by atoms with Crippen molar-refractivity contribution in [3.8, 4) is 22.3 Å². The highest BCUT2D eigenvalue weighted by Gasteiger charge is 2.54. The van der Waals surface area contributed by atoms with Crippen molar-refractivity contribution >= 4 is 77.7 Å². The van der Waals surface area contributed by atoms with Gasteiger partial charge in [-0.3, -0.25) is 0 Å². The Labute approximate surface area is 425 Å². The van der Waals surface area contributed by atoms with Gasteiger partial charge in [0.25, 0.3) is 0 Å². The molecule has 8 saturated carbocycles.